The van der Waals surface area contributed by atoms with E-state index in [1.165, 1.54) is 30.7 Å². The molecule has 0 spiro atoms. The molecule has 1 unspecified atom stereocenters. The van der Waals surface area contributed by atoms with Crippen LogP contribution in [-0.2, 0) is 6.18 Å². The van der Waals surface area contributed by atoms with Crippen LogP contribution in [0.3, 0.4) is 0 Å². The number of para-hydroxylation sites is 1. The number of halogens is 4. The molecule has 0 fully saturated rings. The Kier molecular flexibility index (Phi) is 5.92. The number of anilines is 1. The van der Waals surface area contributed by atoms with Crippen LogP contribution in [0.2, 0.25) is 0 Å². The van der Waals surface area contributed by atoms with Crippen LogP contribution in [0.5, 0.6) is 0 Å². The maximum Gasteiger partial charge on any atom is 0.451 e. The van der Waals surface area contributed by atoms with Crippen molar-refractivity contribution in [2.24, 2.45) is 15.9 Å². The minimum atomic E-state index is -4.67. The molecule has 1 atom stereocenters. The van der Waals surface area contributed by atoms with Gasteiger partial charge in [0.1, 0.15) is 29.3 Å². The maximum absolute atomic E-state index is 13.9. The zero-order chi connectivity index (χ0) is 24.5. The van der Waals surface area contributed by atoms with Crippen LogP contribution in [0.15, 0.2) is 59.3 Å². The highest BCUT2D eigenvalue weighted by atomic mass is 19.4. The maximum atomic E-state index is 13.9. The summed E-state index contributed by atoms with van der Waals surface area (Å²) in [5.74, 6) is 3.90. The number of fused-ring (bicyclic) bond motifs is 1. The number of hydrogen-bond donors (Lipinski definition) is 2. The lowest BCUT2D eigenvalue weighted by Gasteiger charge is -2.14. The number of nitrogens with two attached hydrogens (primary N) is 2. The molecule has 3 aromatic heterocycles. The van der Waals surface area contributed by atoms with Crippen molar-refractivity contribution in [1.29, 1.82) is 0 Å². The second-order valence-corrected chi connectivity index (χ2v) is 7.14. The Morgan fingerprint density at radius 2 is 1.82 bits per heavy atom. The summed E-state index contributed by atoms with van der Waals surface area (Å²) in [5, 5.41) is 4.15. The third-order valence-corrected chi connectivity index (χ3v) is 5.04. The van der Waals surface area contributed by atoms with Gasteiger partial charge in [-0.05, 0) is 19.1 Å². The van der Waals surface area contributed by atoms with E-state index in [9.17, 15) is 17.6 Å². The lowest BCUT2D eigenvalue weighted by atomic mass is 10.1. The summed E-state index contributed by atoms with van der Waals surface area (Å²) in [6, 6.07) is 5.37. The first-order valence-corrected chi connectivity index (χ1v) is 9.77. The van der Waals surface area contributed by atoms with E-state index >= 15 is 0 Å². The van der Waals surface area contributed by atoms with Crippen LogP contribution in [0.4, 0.5) is 29.1 Å². The Hall–Kier alpha value is -4.42. The van der Waals surface area contributed by atoms with Crippen LogP contribution in [-0.4, -0.2) is 36.4 Å². The van der Waals surface area contributed by atoms with Crippen molar-refractivity contribution in [2.45, 2.75) is 19.1 Å². The Bertz CT molecular complexity index is 1390. The van der Waals surface area contributed by atoms with E-state index in [-0.39, 0.29) is 22.8 Å². The van der Waals surface area contributed by atoms with Crippen molar-refractivity contribution in [1.82, 2.24) is 24.5 Å². The first-order chi connectivity index (χ1) is 16.2. The van der Waals surface area contributed by atoms with E-state index in [0.29, 0.717) is 16.6 Å². The molecule has 4 aromatic rings. The molecule has 174 valence electrons. The van der Waals surface area contributed by atoms with Crippen LogP contribution in [0.25, 0.3) is 22.2 Å². The molecule has 9 nitrogen and oxygen atoms in total. The molecule has 4 rings (SSSR count). The molecule has 0 amide bonds. The highest BCUT2D eigenvalue weighted by Gasteiger charge is 2.34. The SMILES string of the molecule is CC(C(C=Nc1ccccc1F)=NN)n1cc(-c2cnc(C(F)(F)F)nc2)c2c(N)ncnc21. The lowest BCUT2D eigenvalue weighted by Crippen LogP contribution is -2.19. The quantitative estimate of drug-likeness (QED) is 0.196. The van der Waals surface area contributed by atoms with Gasteiger partial charge in [0, 0.05) is 29.7 Å². The molecule has 0 saturated heterocycles. The van der Waals surface area contributed by atoms with Gasteiger partial charge in [0.05, 0.1) is 23.3 Å². The van der Waals surface area contributed by atoms with Crippen molar-refractivity contribution in [2.75, 3.05) is 5.73 Å². The third kappa shape index (κ3) is 4.27. The number of nitrogens with zero attached hydrogens (tertiary/aromatic N) is 7. The van der Waals surface area contributed by atoms with E-state index in [1.807, 2.05) is 0 Å². The van der Waals surface area contributed by atoms with E-state index < -0.39 is 23.9 Å². The number of benzene rings is 1. The first-order valence-electron chi connectivity index (χ1n) is 9.77. The van der Waals surface area contributed by atoms with Gasteiger partial charge < -0.3 is 16.1 Å². The van der Waals surface area contributed by atoms with Gasteiger partial charge in [-0.15, -0.1) is 0 Å². The van der Waals surface area contributed by atoms with Crippen molar-refractivity contribution in [3.05, 3.63) is 60.8 Å². The van der Waals surface area contributed by atoms with Gasteiger partial charge in [-0.2, -0.15) is 18.3 Å². The predicted molar refractivity (Wildman–Crippen MR) is 119 cm³/mol. The summed E-state index contributed by atoms with van der Waals surface area (Å²) in [5.41, 5.74) is 7.49. The average Bonchev–Trinajstić information content (AvgIpc) is 3.21. The topological polar surface area (TPSA) is 133 Å². The zero-order valence-corrected chi connectivity index (χ0v) is 17.6. The van der Waals surface area contributed by atoms with Crippen molar-refractivity contribution < 1.29 is 17.6 Å². The zero-order valence-electron chi connectivity index (χ0n) is 17.6. The van der Waals surface area contributed by atoms with E-state index in [4.69, 9.17) is 11.6 Å². The van der Waals surface area contributed by atoms with Crippen molar-refractivity contribution in [3.63, 3.8) is 0 Å². The van der Waals surface area contributed by atoms with E-state index in [1.54, 1.807) is 23.8 Å². The van der Waals surface area contributed by atoms with Gasteiger partial charge >= 0.3 is 6.18 Å². The molecule has 0 aliphatic carbocycles. The van der Waals surface area contributed by atoms with Crippen LogP contribution < -0.4 is 11.6 Å². The smallest absolute Gasteiger partial charge is 0.383 e. The molecular weight excluding hydrogens is 454 g/mol. The van der Waals surface area contributed by atoms with Gasteiger partial charge in [-0.25, -0.2) is 24.3 Å². The number of hydrazone groups is 1. The molecule has 0 aliphatic rings. The Morgan fingerprint density at radius 1 is 1.12 bits per heavy atom. The fourth-order valence-electron chi connectivity index (χ4n) is 3.32. The Morgan fingerprint density at radius 3 is 2.47 bits per heavy atom. The fourth-order valence-corrected chi connectivity index (χ4v) is 3.32. The minimum Gasteiger partial charge on any atom is -0.383 e. The summed E-state index contributed by atoms with van der Waals surface area (Å²) in [6.45, 7) is 1.74. The lowest BCUT2D eigenvalue weighted by molar-refractivity contribution is -0.144. The predicted octanol–water partition coefficient (Wildman–Crippen LogP) is 3.91. The van der Waals surface area contributed by atoms with Gasteiger partial charge in [-0.3, -0.25) is 4.99 Å². The van der Waals surface area contributed by atoms with E-state index in [0.717, 1.165) is 12.4 Å². The van der Waals surface area contributed by atoms with Gasteiger partial charge in [0.2, 0.25) is 5.82 Å². The molecule has 34 heavy (non-hydrogen) atoms. The molecule has 0 aliphatic heterocycles. The number of alkyl halides is 3. The molecule has 3 heterocycles. The average molecular weight is 471 g/mol. The first kappa shape index (κ1) is 22.8. The summed E-state index contributed by atoms with van der Waals surface area (Å²) in [6.07, 6.45) is 1.59. The molecule has 4 N–H and O–H groups in total. The Balaban J connectivity index is 1.77. The van der Waals surface area contributed by atoms with E-state index in [2.05, 4.69) is 30.0 Å². The van der Waals surface area contributed by atoms with Crippen LogP contribution >= 0.6 is 0 Å². The van der Waals surface area contributed by atoms with Crippen LogP contribution in [0, 0.1) is 5.82 Å². The molecular formula is C21H17F4N9. The van der Waals surface area contributed by atoms with Gasteiger partial charge in [0.15, 0.2) is 0 Å². The number of nitrogen functional groups attached to an aromatic ring is 1. The molecule has 1 aromatic carbocycles. The summed E-state index contributed by atoms with van der Waals surface area (Å²) >= 11 is 0. The van der Waals surface area contributed by atoms with Crippen molar-refractivity contribution >= 4 is 34.5 Å². The number of hydrogen-bond acceptors (Lipinski definition) is 8. The van der Waals surface area contributed by atoms with Gasteiger partial charge in [0.25, 0.3) is 0 Å². The standard InChI is InChI=1S/C21H17F4N9/c1-11(16(33-27)8-28-15-5-3-2-4-14(15)22)34-9-13(17-18(26)31-10-32-19(17)34)12-6-29-20(30-7-12)21(23,24)25/h2-11H,27H2,1H3,(H2,26,31,32). The third-order valence-electron chi connectivity index (χ3n) is 5.04. The summed E-state index contributed by atoms with van der Waals surface area (Å²) in [4.78, 5) is 19.2. The summed E-state index contributed by atoms with van der Waals surface area (Å²) < 4.78 is 54.2. The monoisotopic (exact) mass is 471 g/mol. The van der Waals surface area contributed by atoms with Crippen LogP contribution in [0.1, 0.15) is 18.8 Å². The minimum absolute atomic E-state index is 0.0994. The van der Waals surface area contributed by atoms with Crippen molar-refractivity contribution in [3.8, 4) is 11.1 Å². The highest BCUT2D eigenvalue weighted by molar-refractivity contribution is 6.32. The fraction of sp³-hybridized carbons (Fsp3) is 0.143. The normalized spacial score (nSPS) is 13.6. The number of aromatic nitrogens is 5. The summed E-state index contributed by atoms with van der Waals surface area (Å²) in [7, 11) is 0. The second kappa shape index (κ2) is 8.84. The largest absolute Gasteiger partial charge is 0.451 e. The second-order valence-electron chi connectivity index (χ2n) is 7.14. The molecule has 0 saturated carbocycles. The van der Waals surface area contributed by atoms with Gasteiger partial charge in [-0.1, -0.05) is 12.1 Å². The Labute approximate surface area is 189 Å². The highest BCUT2D eigenvalue weighted by Crippen LogP contribution is 2.35. The number of aliphatic imine (C=N–C) groups is 1. The molecule has 0 radical (unpaired) electrons. The number of rotatable bonds is 5. The molecule has 13 heteroatoms. The molecule has 0 bridgehead atoms.